The third-order valence-corrected chi connectivity index (χ3v) is 4.11. The quantitative estimate of drug-likeness (QED) is 0.881. The van der Waals surface area contributed by atoms with E-state index in [1.54, 1.807) is 35.4 Å². The number of anilines is 1. The van der Waals surface area contributed by atoms with Crippen molar-refractivity contribution < 1.29 is 13.6 Å². The van der Waals surface area contributed by atoms with E-state index in [2.05, 4.69) is 20.7 Å². The zero-order chi connectivity index (χ0) is 17.0. The first-order valence-electron chi connectivity index (χ1n) is 7.90. The molecule has 1 aliphatic carbocycles. The van der Waals surface area contributed by atoms with E-state index in [0.717, 1.165) is 5.69 Å². The maximum absolute atomic E-state index is 13.1. The molecule has 1 fully saturated rings. The van der Waals surface area contributed by atoms with Gasteiger partial charge in [-0.15, -0.1) is 0 Å². The highest BCUT2D eigenvalue weighted by Crippen LogP contribution is 2.40. The molecule has 2 aromatic rings. The summed E-state index contributed by atoms with van der Waals surface area (Å²) >= 11 is 0. The van der Waals surface area contributed by atoms with Crippen molar-refractivity contribution in [2.75, 3.05) is 11.9 Å². The van der Waals surface area contributed by atoms with Crippen molar-refractivity contribution in [2.45, 2.75) is 31.6 Å². The van der Waals surface area contributed by atoms with Crippen LogP contribution in [-0.4, -0.2) is 33.3 Å². The van der Waals surface area contributed by atoms with Gasteiger partial charge >= 0.3 is 6.03 Å². The molecule has 1 atom stereocenters. The summed E-state index contributed by atoms with van der Waals surface area (Å²) in [6.45, 7) is 0.380. The van der Waals surface area contributed by atoms with Gasteiger partial charge in [-0.25, -0.2) is 18.3 Å². The van der Waals surface area contributed by atoms with E-state index in [4.69, 9.17) is 0 Å². The van der Waals surface area contributed by atoms with E-state index >= 15 is 0 Å². The summed E-state index contributed by atoms with van der Waals surface area (Å²) in [6.07, 6.45) is 7.51. The Balaban J connectivity index is 1.43. The molecular formula is C16H19F2N5O. The first kappa shape index (κ1) is 16.4. The Morgan fingerprint density at radius 2 is 2.17 bits per heavy atom. The molecule has 0 saturated heterocycles. The molecule has 3 rings (SSSR count). The van der Waals surface area contributed by atoms with Gasteiger partial charge in [-0.1, -0.05) is 0 Å². The maximum Gasteiger partial charge on any atom is 0.319 e. The van der Waals surface area contributed by atoms with Crippen LogP contribution >= 0.6 is 0 Å². The van der Waals surface area contributed by atoms with E-state index in [-0.39, 0.29) is 24.8 Å². The largest absolute Gasteiger partial charge is 0.338 e. The summed E-state index contributed by atoms with van der Waals surface area (Å²) in [5.41, 5.74) is 1.39. The number of nitrogens with zero attached hydrogens (tertiary/aromatic N) is 3. The van der Waals surface area contributed by atoms with Crippen LogP contribution in [0.5, 0.6) is 0 Å². The van der Waals surface area contributed by atoms with Crippen LogP contribution in [0.1, 0.15) is 25.7 Å². The Morgan fingerprint density at radius 3 is 2.88 bits per heavy atom. The molecule has 24 heavy (non-hydrogen) atoms. The van der Waals surface area contributed by atoms with Crippen LogP contribution in [0.25, 0.3) is 5.69 Å². The SMILES string of the molecule is O=C(NCCC1CCC(F)(F)C1)Nc1cnn(-c2ccncc2)c1. The number of amides is 2. The number of halogens is 2. The van der Waals surface area contributed by atoms with Gasteiger partial charge in [0.1, 0.15) is 0 Å². The van der Waals surface area contributed by atoms with E-state index in [0.29, 0.717) is 25.1 Å². The third-order valence-electron chi connectivity index (χ3n) is 4.11. The Labute approximate surface area is 138 Å². The van der Waals surface area contributed by atoms with Crippen molar-refractivity contribution >= 4 is 11.7 Å². The lowest BCUT2D eigenvalue weighted by molar-refractivity contribution is 0.00478. The summed E-state index contributed by atoms with van der Waals surface area (Å²) in [6, 6.07) is 3.23. The zero-order valence-corrected chi connectivity index (χ0v) is 13.1. The monoisotopic (exact) mass is 335 g/mol. The number of carbonyl (C=O) groups is 1. The molecule has 0 aliphatic heterocycles. The standard InChI is InChI=1S/C16H19F2N5O/c17-16(18)5-1-12(9-16)2-8-20-15(24)22-13-10-21-23(11-13)14-3-6-19-7-4-14/h3-4,6-7,10-12H,1-2,5,8-9H2,(H2,20,22,24). The number of rotatable bonds is 5. The number of nitrogens with one attached hydrogen (secondary N) is 2. The van der Waals surface area contributed by atoms with Gasteiger partial charge in [-0.2, -0.15) is 5.10 Å². The topological polar surface area (TPSA) is 71.8 Å². The van der Waals surface area contributed by atoms with Crippen LogP contribution < -0.4 is 10.6 Å². The lowest BCUT2D eigenvalue weighted by atomic mass is 10.0. The highest BCUT2D eigenvalue weighted by molar-refractivity contribution is 5.88. The molecule has 2 N–H and O–H groups in total. The number of urea groups is 1. The second-order valence-corrected chi connectivity index (χ2v) is 6.01. The summed E-state index contributed by atoms with van der Waals surface area (Å²) in [5.74, 6) is -2.55. The van der Waals surface area contributed by atoms with Gasteiger partial charge in [0.15, 0.2) is 0 Å². The molecule has 2 aromatic heterocycles. The Bertz CT molecular complexity index is 689. The molecule has 2 heterocycles. The van der Waals surface area contributed by atoms with Crippen LogP contribution in [0.4, 0.5) is 19.3 Å². The van der Waals surface area contributed by atoms with Gasteiger partial charge in [0.25, 0.3) is 0 Å². The van der Waals surface area contributed by atoms with Gasteiger partial charge in [0.05, 0.1) is 23.8 Å². The van der Waals surface area contributed by atoms with Gasteiger partial charge < -0.3 is 10.6 Å². The fourth-order valence-corrected chi connectivity index (χ4v) is 2.88. The normalized spacial score (nSPS) is 19.2. The average Bonchev–Trinajstić information content (AvgIpc) is 3.15. The molecule has 1 aliphatic rings. The minimum Gasteiger partial charge on any atom is -0.338 e. The molecule has 0 aromatic carbocycles. The molecule has 6 nitrogen and oxygen atoms in total. The van der Waals surface area contributed by atoms with Crippen LogP contribution in [0.3, 0.4) is 0 Å². The van der Waals surface area contributed by atoms with Crippen LogP contribution in [0, 0.1) is 5.92 Å². The lowest BCUT2D eigenvalue weighted by Gasteiger charge is -2.11. The molecule has 1 unspecified atom stereocenters. The molecule has 128 valence electrons. The average molecular weight is 335 g/mol. The number of aromatic nitrogens is 3. The van der Waals surface area contributed by atoms with E-state index < -0.39 is 5.92 Å². The predicted molar refractivity (Wildman–Crippen MR) is 85.3 cm³/mol. The Kier molecular flexibility index (Phi) is 4.73. The number of hydrogen-bond donors (Lipinski definition) is 2. The minimum atomic E-state index is -2.53. The minimum absolute atomic E-state index is 0.0188. The smallest absolute Gasteiger partial charge is 0.319 e. The zero-order valence-electron chi connectivity index (χ0n) is 13.1. The van der Waals surface area contributed by atoms with Crippen molar-refractivity contribution in [1.29, 1.82) is 0 Å². The number of alkyl halides is 2. The van der Waals surface area contributed by atoms with Gasteiger partial charge in [-0.05, 0) is 30.9 Å². The van der Waals surface area contributed by atoms with Crippen molar-refractivity contribution in [1.82, 2.24) is 20.1 Å². The van der Waals surface area contributed by atoms with Gasteiger partial charge in [-0.3, -0.25) is 4.98 Å². The summed E-state index contributed by atoms with van der Waals surface area (Å²) in [4.78, 5) is 15.8. The molecule has 0 spiro atoms. The van der Waals surface area contributed by atoms with E-state index in [1.807, 2.05) is 0 Å². The highest BCUT2D eigenvalue weighted by Gasteiger charge is 2.38. The second-order valence-electron chi connectivity index (χ2n) is 6.01. The van der Waals surface area contributed by atoms with Crippen molar-refractivity contribution in [3.8, 4) is 5.69 Å². The first-order chi connectivity index (χ1) is 11.5. The molecule has 0 bridgehead atoms. The van der Waals surface area contributed by atoms with Crippen molar-refractivity contribution in [3.63, 3.8) is 0 Å². The fourth-order valence-electron chi connectivity index (χ4n) is 2.88. The number of pyridine rings is 1. The van der Waals surface area contributed by atoms with Gasteiger partial charge in [0, 0.05) is 31.8 Å². The first-order valence-corrected chi connectivity index (χ1v) is 7.90. The number of carbonyl (C=O) groups excluding carboxylic acids is 1. The van der Waals surface area contributed by atoms with Gasteiger partial charge in [0.2, 0.25) is 5.92 Å². The fraction of sp³-hybridized carbons (Fsp3) is 0.438. The predicted octanol–water partition coefficient (Wildman–Crippen LogP) is 3.21. The lowest BCUT2D eigenvalue weighted by Crippen LogP contribution is -2.30. The summed E-state index contributed by atoms with van der Waals surface area (Å²) < 4.78 is 27.8. The molecule has 2 amide bonds. The van der Waals surface area contributed by atoms with Crippen LogP contribution in [0.2, 0.25) is 0 Å². The maximum atomic E-state index is 13.1. The van der Waals surface area contributed by atoms with Crippen LogP contribution in [0.15, 0.2) is 36.9 Å². The van der Waals surface area contributed by atoms with Crippen molar-refractivity contribution in [2.24, 2.45) is 5.92 Å². The Hall–Kier alpha value is -2.51. The summed E-state index contributed by atoms with van der Waals surface area (Å²) in [5, 5.41) is 9.53. The van der Waals surface area contributed by atoms with Crippen molar-refractivity contribution in [3.05, 3.63) is 36.9 Å². The Morgan fingerprint density at radius 1 is 1.38 bits per heavy atom. The third kappa shape index (κ3) is 4.27. The molecule has 0 radical (unpaired) electrons. The molecule has 1 saturated carbocycles. The molecule has 8 heteroatoms. The van der Waals surface area contributed by atoms with E-state index in [1.165, 1.54) is 6.20 Å². The highest BCUT2D eigenvalue weighted by atomic mass is 19.3. The van der Waals surface area contributed by atoms with E-state index in [9.17, 15) is 13.6 Å². The molecular weight excluding hydrogens is 316 g/mol. The number of hydrogen-bond acceptors (Lipinski definition) is 3. The summed E-state index contributed by atoms with van der Waals surface area (Å²) in [7, 11) is 0. The van der Waals surface area contributed by atoms with Crippen LogP contribution in [-0.2, 0) is 0 Å². The second kappa shape index (κ2) is 6.94.